The molecule has 0 aliphatic carbocycles. The molecule has 74 valence electrons. The van der Waals surface area contributed by atoms with Crippen molar-refractivity contribution in [2.24, 2.45) is 0 Å². The van der Waals surface area contributed by atoms with E-state index in [9.17, 15) is 0 Å². The normalized spacial score (nSPS) is 26.5. The zero-order chi connectivity index (χ0) is 10.1. The summed E-state index contributed by atoms with van der Waals surface area (Å²) < 4.78 is 0. The summed E-state index contributed by atoms with van der Waals surface area (Å²) in [6.45, 7) is 6.56. The SMILES string of the molecule is C/C=C(\C)N1[C@H](C)[C@@H]1c1ccccc1. The van der Waals surface area contributed by atoms with Crippen molar-refractivity contribution in [1.82, 2.24) is 4.90 Å². The molecule has 0 bridgehead atoms. The third-order valence-electron chi connectivity index (χ3n) is 3.07. The zero-order valence-corrected chi connectivity index (χ0v) is 9.07. The van der Waals surface area contributed by atoms with Gasteiger partial charge in [-0.05, 0) is 26.3 Å². The Morgan fingerprint density at radius 1 is 1.29 bits per heavy atom. The summed E-state index contributed by atoms with van der Waals surface area (Å²) in [6.07, 6.45) is 2.18. The van der Waals surface area contributed by atoms with Crippen LogP contribution in [0.15, 0.2) is 42.1 Å². The molecule has 1 heterocycles. The van der Waals surface area contributed by atoms with E-state index in [-0.39, 0.29) is 0 Å². The van der Waals surface area contributed by atoms with E-state index in [4.69, 9.17) is 0 Å². The van der Waals surface area contributed by atoms with Gasteiger partial charge >= 0.3 is 0 Å². The van der Waals surface area contributed by atoms with Crippen LogP contribution in [-0.2, 0) is 0 Å². The molecule has 1 fully saturated rings. The average molecular weight is 187 g/mol. The molecule has 1 aromatic carbocycles. The zero-order valence-electron chi connectivity index (χ0n) is 9.07. The first-order valence-corrected chi connectivity index (χ1v) is 5.22. The van der Waals surface area contributed by atoms with E-state index >= 15 is 0 Å². The van der Waals surface area contributed by atoms with Gasteiger partial charge in [0.1, 0.15) is 0 Å². The highest BCUT2D eigenvalue weighted by Crippen LogP contribution is 2.45. The minimum absolute atomic E-state index is 0.604. The molecule has 2 atom stereocenters. The highest BCUT2D eigenvalue weighted by molar-refractivity contribution is 5.29. The Bertz CT molecular complexity index is 340. The minimum Gasteiger partial charge on any atom is -0.361 e. The van der Waals surface area contributed by atoms with Crippen LogP contribution in [0.3, 0.4) is 0 Å². The smallest absolute Gasteiger partial charge is 0.0744 e. The first-order chi connectivity index (χ1) is 6.75. The maximum atomic E-state index is 2.45. The Balaban J connectivity index is 2.17. The summed E-state index contributed by atoms with van der Waals surface area (Å²) in [5.41, 5.74) is 2.81. The number of hydrogen-bond acceptors (Lipinski definition) is 1. The van der Waals surface area contributed by atoms with Crippen molar-refractivity contribution in [3.8, 4) is 0 Å². The van der Waals surface area contributed by atoms with Gasteiger partial charge < -0.3 is 4.90 Å². The number of rotatable bonds is 2. The Kier molecular flexibility index (Phi) is 2.32. The number of nitrogens with zero attached hydrogens (tertiary/aromatic N) is 1. The predicted octanol–water partition coefficient (Wildman–Crippen LogP) is 3.36. The van der Waals surface area contributed by atoms with E-state index in [1.54, 1.807) is 0 Å². The summed E-state index contributed by atoms with van der Waals surface area (Å²) in [5, 5.41) is 0. The third kappa shape index (κ3) is 1.43. The molecule has 0 N–H and O–H groups in total. The minimum atomic E-state index is 0.604. The van der Waals surface area contributed by atoms with Crippen molar-refractivity contribution in [2.45, 2.75) is 32.9 Å². The van der Waals surface area contributed by atoms with Crippen molar-refractivity contribution in [3.63, 3.8) is 0 Å². The van der Waals surface area contributed by atoms with Crippen molar-refractivity contribution in [2.75, 3.05) is 0 Å². The molecule has 1 aliphatic rings. The third-order valence-corrected chi connectivity index (χ3v) is 3.07. The van der Waals surface area contributed by atoms with Gasteiger partial charge in [0.25, 0.3) is 0 Å². The van der Waals surface area contributed by atoms with Crippen LogP contribution in [0.25, 0.3) is 0 Å². The molecule has 1 saturated heterocycles. The maximum Gasteiger partial charge on any atom is 0.0744 e. The van der Waals surface area contributed by atoms with Gasteiger partial charge in [0.15, 0.2) is 0 Å². The largest absolute Gasteiger partial charge is 0.361 e. The summed E-state index contributed by atoms with van der Waals surface area (Å²) in [5.74, 6) is 0. The highest BCUT2D eigenvalue weighted by Gasteiger charge is 2.44. The monoisotopic (exact) mass is 187 g/mol. The lowest BCUT2D eigenvalue weighted by Crippen LogP contribution is -1.95. The van der Waals surface area contributed by atoms with Crippen LogP contribution in [-0.4, -0.2) is 10.9 Å². The number of allylic oxidation sites excluding steroid dienone is 2. The van der Waals surface area contributed by atoms with Crippen molar-refractivity contribution in [1.29, 1.82) is 0 Å². The second-order valence-electron chi connectivity index (χ2n) is 3.93. The molecule has 0 unspecified atom stereocenters. The Morgan fingerprint density at radius 2 is 1.93 bits per heavy atom. The van der Waals surface area contributed by atoms with Gasteiger partial charge in [-0.2, -0.15) is 0 Å². The fraction of sp³-hybridized carbons (Fsp3) is 0.385. The van der Waals surface area contributed by atoms with Crippen molar-refractivity contribution < 1.29 is 0 Å². The molecule has 1 nitrogen and oxygen atoms in total. The predicted molar refractivity (Wildman–Crippen MR) is 59.9 cm³/mol. The van der Waals surface area contributed by atoms with Gasteiger partial charge in [0.05, 0.1) is 12.1 Å². The lowest BCUT2D eigenvalue weighted by atomic mass is 10.1. The maximum absolute atomic E-state index is 2.45. The molecule has 1 aromatic rings. The Morgan fingerprint density at radius 3 is 2.50 bits per heavy atom. The van der Waals surface area contributed by atoms with Crippen LogP contribution in [0.2, 0.25) is 0 Å². The first kappa shape index (κ1) is 9.32. The van der Waals surface area contributed by atoms with E-state index in [2.05, 4.69) is 62.1 Å². The van der Waals surface area contributed by atoms with Gasteiger partial charge in [-0.15, -0.1) is 0 Å². The quantitative estimate of drug-likeness (QED) is 0.642. The van der Waals surface area contributed by atoms with Gasteiger partial charge in [0, 0.05) is 5.70 Å². The van der Waals surface area contributed by atoms with Crippen molar-refractivity contribution >= 4 is 0 Å². The topological polar surface area (TPSA) is 3.01 Å². The van der Waals surface area contributed by atoms with Gasteiger partial charge in [-0.25, -0.2) is 0 Å². The molecule has 0 saturated carbocycles. The van der Waals surface area contributed by atoms with E-state index in [1.807, 2.05) is 0 Å². The van der Waals surface area contributed by atoms with E-state index in [0.29, 0.717) is 12.1 Å². The van der Waals surface area contributed by atoms with Crippen LogP contribution in [0.4, 0.5) is 0 Å². The second kappa shape index (κ2) is 3.49. The molecule has 2 rings (SSSR count). The lowest BCUT2D eigenvalue weighted by molar-refractivity contribution is 0.604. The fourth-order valence-electron chi connectivity index (χ4n) is 2.13. The molecule has 14 heavy (non-hydrogen) atoms. The highest BCUT2D eigenvalue weighted by atomic mass is 15.3. The van der Waals surface area contributed by atoms with Gasteiger partial charge in [-0.3, -0.25) is 0 Å². The molecular formula is C13H17N. The Hall–Kier alpha value is -1.24. The van der Waals surface area contributed by atoms with Gasteiger partial charge in [-0.1, -0.05) is 36.4 Å². The Labute approximate surface area is 86.1 Å². The number of benzene rings is 1. The molecule has 0 aromatic heterocycles. The van der Waals surface area contributed by atoms with E-state index in [0.717, 1.165) is 0 Å². The summed E-state index contributed by atoms with van der Waals surface area (Å²) in [4.78, 5) is 2.45. The molecule has 1 aliphatic heterocycles. The second-order valence-corrected chi connectivity index (χ2v) is 3.93. The standard InChI is InChI=1S/C13H17N/c1-4-10(2)14-11(3)13(14)12-8-6-5-7-9-12/h4-9,11,13H,1-3H3/b10-4+/t11-,13-,14?/m1/s1. The molecule has 0 amide bonds. The molecule has 0 radical (unpaired) electrons. The summed E-state index contributed by atoms with van der Waals surface area (Å²) in [7, 11) is 0. The fourth-order valence-corrected chi connectivity index (χ4v) is 2.13. The first-order valence-electron chi connectivity index (χ1n) is 5.22. The number of hydrogen-bond donors (Lipinski definition) is 0. The van der Waals surface area contributed by atoms with Gasteiger partial charge in [0.2, 0.25) is 0 Å². The van der Waals surface area contributed by atoms with Crippen molar-refractivity contribution in [3.05, 3.63) is 47.7 Å². The van der Waals surface area contributed by atoms with Crippen LogP contribution in [0, 0.1) is 0 Å². The van der Waals surface area contributed by atoms with E-state index < -0.39 is 0 Å². The lowest BCUT2D eigenvalue weighted by Gasteiger charge is -2.04. The molecular weight excluding hydrogens is 170 g/mol. The van der Waals surface area contributed by atoms with E-state index in [1.165, 1.54) is 11.3 Å². The summed E-state index contributed by atoms with van der Waals surface area (Å²) in [6, 6.07) is 12.0. The van der Waals surface area contributed by atoms with Crippen LogP contribution < -0.4 is 0 Å². The van der Waals surface area contributed by atoms with Crippen LogP contribution >= 0.6 is 0 Å². The van der Waals surface area contributed by atoms with Crippen LogP contribution in [0.5, 0.6) is 0 Å². The average Bonchev–Trinajstić information content (AvgIpc) is 2.90. The molecule has 1 heteroatoms. The van der Waals surface area contributed by atoms with Crippen LogP contribution in [0.1, 0.15) is 32.4 Å². The summed E-state index contributed by atoms with van der Waals surface area (Å²) >= 11 is 0. The molecule has 0 spiro atoms.